The summed E-state index contributed by atoms with van der Waals surface area (Å²) in [4.78, 5) is 0. The standard InChI is InChI=1S/C5H10BN/c1-5(3-6)4-7-2/h3-4,6-7H,1-2H3/b5-4-. The zero-order valence-corrected chi connectivity index (χ0v) is 4.86. The number of hydrogen-bond acceptors (Lipinski definition) is 1. The maximum atomic E-state index is 3.57. The average Bonchev–Trinajstić information content (AvgIpc) is 1.68. The fourth-order valence-corrected chi connectivity index (χ4v) is 0.287. The summed E-state index contributed by atoms with van der Waals surface area (Å²) in [5.41, 5.74) is 1.16. The van der Waals surface area contributed by atoms with Gasteiger partial charge in [0.2, 0.25) is 0 Å². The molecular weight excluding hydrogens is 84.9 g/mol. The molecule has 0 bridgehead atoms. The molecule has 0 unspecified atom stereocenters. The Bertz CT molecular complexity index is 86.1. The SMILES string of the molecule is B=C/C(C)=C\NC. The Labute approximate surface area is 45.5 Å². The second kappa shape index (κ2) is 3.66. The summed E-state index contributed by atoms with van der Waals surface area (Å²) in [5.74, 6) is 1.80. The molecule has 0 radical (unpaired) electrons. The van der Waals surface area contributed by atoms with Gasteiger partial charge < -0.3 is 0 Å². The van der Waals surface area contributed by atoms with Gasteiger partial charge in [0.15, 0.2) is 0 Å². The predicted molar refractivity (Wildman–Crippen MR) is 36.0 cm³/mol. The van der Waals surface area contributed by atoms with E-state index < -0.39 is 0 Å². The molecule has 7 heavy (non-hydrogen) atoms. The van der Waals surface area contributed by atoms with Crippen molar-refractivity contribution in [2.45, 2.75) is 6.92 Å². The predicted octanol–water partition coefficient (Wildman–Crippen LogP) is -0.187. The third-order valence-electron chi connectivity index (χ3n) is 0.694. The minimum atomic E-state index is 1.16. The van der Waals surface area contributed by atoms with Gasteiger partial charge in [0.05, 0.1) is 0 Å². The molecule has 0 aliphatic carbocycles. The van der Waals surface area contributed by atoms with Crippen LogP contribution >= 0.6 is 0 Å². The van der Waals surface area contributed by atoms with Crippen LogP contribution in [0.1, 0.15) is 6.92 Å². The summed E-state index contributed by atoms with van der Waals surface area (Å²) in [6.45, 7) is 1.99. The Balaban J connectivity index is 3.49. The molecule has 0 aliphatic rings. The number of nitrogens with one attached hydrogen (secondary N) is 1. The molecule has 2 heteroatoms. The maximum absolute atomic E-state index is 3.57. The van der Waals surface area contributed by atoms with Crippen LogP contribution in [0.2, 0.25) is 0 Å². The van der Waals surface area contributed by atoms with E-state index in [0.717, 1.165) is 5.57 Å². The summed E-state index contributed by atoms with van der Waals surface area (Å²) in [6.07, 6.45) is 1.90. The Kier molecular flexibility index (Phi) is 3.38. The van der Waals surface area contributed by atoms with Gasteiger partial charge in [0.1, 0.15) is 0 Å². The molecule has 1 nitrogen and oxygen atoms in total. The molecule has 0 rings (SSSR count). The third kappa shape index (κ3) is 3.30. The zero-order valence-electron chi connectivity index (χ0n) is 4.86. The summed E-state index contributed by atoms with van der Waals surface area (Å²) in [7, 11) is 5.44. The van der Waals surface area contributed by atoms with Crippen molar-refractivity contribution in [1.29, 1.82) is 0 Å². The van der Waals surface area contributed by atoms with Gasteiger partial charge >= 0.3 is 44.5 Å². The molecule has 38 valence electrons. The van der Waals surface area contributed by atoms with Crippen LogP contribution in [-0.2, 0) is 0 Å². The van der Waals surface area contributed by atoms with Crippen LogP contribution < -0.4 is 5.32 Å². The van der Waals surface area contributed by atoms with E-state index in [1.165, 1.54) is 0 Å². The van der Waals surface area contributed by atoms with Gasteiger partial charge in [-0.2, -0.15) is 0 Å². The number of allylic oxidation sites excluding steroid dienone is 1. The third-order valence-corrected chi connectivity index (χ3v) is 0.694. The normalized spacial score (nSPS) is 10.7. The Hall–Kier alpha value is -0.525. The van der Waals surface area contributed by atoms with Crippen LogP contribution in [0.25, 0.3) is 0 Å². The number of hydrogen-bond donors (Lipinski definition) is 1. The fourth-order valence-electron chi connectivity index (χ4n) is 0.287. The van der Waals surface area contributed by atoms with Gasteiger partial charge in [0, 0.05) is 0 Å². The van der Waals surface area contributed by atoms with E-state index >= 15 is 0 Å². The molecule has 0 saturated carbocycles. The average molecular weight is 95.0 g/mol. The van der Waals surface area contributed by atoms with Gasteiger partial charge in [-0.3, -0.25) is 0 Å². The molecule has 0 amide bonds. The van der Waals surface area contributed by atoms with E-state index in [9.17, 15) is 0 Å². The first-order chi connectivity index (χ1) is 3.31. The summed E-state index contributed by atoms with van der Waals surface area (Å²) in [5, 5.41) is 2.89. The van der Waals surface area contributed by atoms with Crippen molar-refractivity contribution < 1.29 is 0 Å². The zero-order chi connectivity index (χ0) is 5.70. The van der Waals surface area contributed by atoms with Gasteiger partial charge in [-0.15, -0.1) is 0 Å². The first-order valence-electron chi connectivity index (χ1n) is 2.27. The van der Waals surface area contributed by atoms with Gasteiger partial charge in [-0.05, 0) is 0 Å². The second-order valence-corrected chi connectivity index (χ2v) is 1.38. The molecule has 0 aliphatic heterocycles. The summed E-state index contributed by atoms with van der Waals surface area (Å²) in [6, 6.07) is 0. The van der Waals surface area contributed by atoms with Crippen molar-refractivity contribution in [2.24, 2.45) is 0 Å². The van der Waals surface area contributed by atoms with E-state index in [-0.39, 0.29) is 0 Å². The summed E-state index contributed by atoms with van der Waals surface area (Å²) < 4.78 is 0. The van der Waals surface area contributed by atoms with Gasteiger partial charge in [-0.1, -0.05) is 0 Å². The van der Waals surface area contributed by atoms with E-state index in [1.54, 1.807) is 5.97 Å². The molecule has 0 spiro atoms. The van der Waals surface area contributed by atoms with Crippen molar-refractivity contribution in [1.82, 2.24) is 5.32 Å². The van der Waals surface area contributed by atoms with E-state index in [2.05, 4.69) is 12.8 Å². The first-order valence-corrected chi connectivity index (χ1v) is 2.27. The van der Waals surface area contributed by atoms with E-state index in [4.69, 9.17) is 0 Å². The minimum absolute atomic E-state index is 1.16. The van der Waals surface area contributed by atoms with Gasteiger partial charge in [-0.25, -0.2) is 0 Å². The van der Waals surface area contributed by atoms with E-state index in [0.29, 0.717) is 0 Å². The van der Waals surface area contributed by atoms with Crippen LogP contribution in [-0.4, -0.2) is 20.5 Å². The quantitative estimate of drug-likeness (QED) is 0.469. The van der Waals surface area contributed by atoms with Crippen molar-refractivity contribution in [3.63, 3.8) is 0 Å². The monoisotopic (exact) mass is 95.1 g/mol. The topological polar surface area (TPSA) is 12.0 Å². The fraction of sp³-hybridized carbons (Fsp3) is 0.400. The molecule has 0 aromatic rings. The summed E-state index contributed by atoms with van der Waals surface area (Å²) >= 11 is 0. The van der Waals surface area contributed by atoms with Crippen molar-refractivity contribution in [3.8, 4) is 0 Å². The first kappa shape index (κ1) is 6.47. The Morgan fingerprint density at radius 2 is 2.29 bits per heavy atom. The molecule has 0 aromatic heterocycles. The molecule has 0 fully saturated rings. The van der Waals surface area contributed by atoms with Crippen LogP contribution in [0, 0.1) is 0 Å². The molecule has 0 atom stereocenters. The molecule has 0 aromatic carbocycles. The van der Waals surface area contributed by atoms with Crippen LogP contribution in [0.3, 0.4) is 0 Å². The molecule has 0 saturated heterocycles. The Morgan fingerprint density at radius 1 is 1.71 bits per heavy atom. The van der Waals surface area contributed by atoms with Crippen molar-refractivity contribution in [3.05, 3.63) is 11.8 Å². The second-order valence-electron chi connectivity index (χ2n) is 1.38. The van der Waals surface area contributed by atoms with Gasteiger partial charge in [0.25, 0.3) is 0 Å². The number of rotatable bonds is 2. The van der Waals surface area contributed by atoms with Crippen LogP contribution in [0.15, 0.2) is 11.8 Å². The molecule has 0 heterocycles. The molecular formula is C5H10BN. The van der Waals surface area contributed by atoms with Crippen LogP contribution in [0.5, 0.6) is 0 Å². The Morgan fingerprint density at radius 3 is 2.43 bits per heavy atom. The van der Waals surface area contributed by atoms with Crippen molar-refractivity contribution >= 4 is 13.5 Å². The van der Waals surface area contributed by atoms with Crippen LogP contribution in [0.4, 0.5) is 0 Å². The van der Waals surface area contributed by atoms with Crippen molar-refractivity contribution in [2.75, 3.05) is 7.05 Å². The van der Waals surface area contributed by atoms with E-state index in [1.807, 2.05) is 20.2 Å². The molecule has 1 N–H and O–H groups in total.